The van der Waals surface area contributed by atoms with Crippen molar-refractivity contribution in [1.82, 2.24) is 9.88 Å². The molecule has 0 amide bonds. The molecule has 1 aromatic heterocycles. The van der Waals surface area contributed by atoms with Gasteiger partial charge in [0.2, 0.25) is 0 Å². The van der Waals surface area contributed by atoms with Crippen LogP contribution in [0.15, 0.2) is 6.20 Å². The second-order valence-electron chi connectivity index (χ2n) is 2.97. The lowest BCUT2D eigenvalue weighted by Gasteiger charge is -2.05. The molecule has 1 aromatic rings. The van der Waals surface area contributed by atoms with E-state index in [1.807, 2.05) is 20.3 Å². The molecule has 0 fully saturated rings. The van der Waals surface area contributed by atoms with Crippen molar-refractivity contribution in [2.45, 2.75) is 6.54 Å². The van der Waals surface area contributed by atoms with Crippen molar-refractivity contribution in [2.75, 3.05) is 27.2 Å². The van der Waals surface area contributed by atoms with Crippen molar-refractivity contribution in [3.8, 4) is 5.19 Å². The first-order chi connectivity index (χ1) is 6.22. The maximum atomic E-state index is 5.31. The van der Waals surface area contributed by atoms with Gasteiger partial charge in [0.05, 0.1) is 0 Å². The lowest BCUT2D eigenvalue weighted by molar-refractivity contribution is 0.326. The fourth-order valence-electron chi connectivity index (χ4n) is 0.887. The molecule has 0 atom stereocenters. The molecule has 0 saturated carbocycles. The fraction of sp³-hybridized carbons (Fsp3) is 0.625. The van der Waals surface area contributed by atoms with Crippen LogP contribution in [-0.2, 0) is 6.54 Å². The molecule has 2 N–H and O–H groups in total. The minimum Gasteiger partial charge on any atom is -0.469 e. The molecule has 1 rings (SSSR count). The summed E-state index contributed by atoms with van der Waals surface area (Å²) in [6.07, 6.45) is 1.84. The van der Waals surface area contributed by atoms with Gasteiger partial charge in [-0.15, -0.1) is 0 Å². The number of hydrogen-bond acceptors (Lipinski definition) is 5. The van der Waals surface area contributed by atoms with Crippen LogP contribution >= 0.6 is 11.3 Å². The SMILES string of the molecule is CN(C)Cc1cnc(OCCN)s1. The molecule has 5 heteroatoms. The summed E-state index contributed by atoms with van der Waals surface area (Å²) in [7, 11) is 4.06. The molecule has 0 aliphatic rings. The summed E-state index contributed by atoms with van der Waals surface area (Å²) in [5.41, 5.74) is 5.31. The molecular weight excluding hydrogens is 186 g/mol. The van der Waals surface area contributed by atoms with E-state index in [-0.39, 0.29) is 0 Å². The summed E-state index contributed by atoms with van der Waals surface area (Å²) in [6, 6.07) is 0. The first-order valence-corrected chi connectivity index (χ1v) is 4.96. The quantitative estimate of drug-likeness (QED) is 0.755. The second-order valence-corrected chi connectivity index (χ2v) is 4.05. The molecule has 4 nitrogen and oxygen atoms in total. The minimum absolute atomic E-state index is 0.530. The van der Waals surface area contributed by atoms with Gasteiger partial charge in [0.1, 0.15) is 6.61 Å². The van der Waals surface area contributed by atoms with Crippen molar-refractivity contribution >= 4 is 11.3 Å². The zero-order chi connectivity index (χ0) is 9.68. The van der Waals surface area contributed by atoms with Crippen LogP contribution in [0.4, 0.5) is 0 Å². The van der Waals surface area contributed by atoms with Crippen LogP contribution < -0.4 is 10.5 Å². The lowest BCUT2D eigenvalue weighted by Crippen LogP contribution is -2.10. The van der Waals surface area contributed by atoms with Gasteiger partial charge < -0.3 is 15.4 Å². The van der Waals surface area contributed by atoms with E-state index >= 15 is 0 Å². The number of ether oxygens (including phenoxy) is 1. The van der Waals surface area contributed by atoms with Crippen molar-refractivity contribution in [3.63, 3.8) is 0 Å². The zero-order valence-corrected chi connectivity index (χ0v) is 8.80. The van der Waals surface area contributed by atoms with Gasteiger partial charge in [-0.1, -0.05) is 11.3 Å². The third kappa shape index (κ3) is 3.71. The van der Waals surface area contributed by atoms with E-state index in [0.717, 1.165) is 6.54 Å². The Morgan fingerprint density at radius 1 is 1.62 bits per heavy atom. The van der Waals surface area contributed by atoms with Gasteiger partial charge in [0, 0.05) is 24.2 Å². The molecule has 74 valence electrons. The highest BCUT2D eigenvalue weighted by Crippen LogP contribution is 2.20. The Bertz CT molecular complexity index is 249. The van der Waals surface area contributed by atoms with Gasteiger partial charge in [0.25, 0.3) is 5.19 Å². The summed E-state index contributed by atoms with van der Waals surface area (Å²) in [6.45, 7) is 1.97. The number of hydrogen-bond donors (Lipinski definition) is 1. The number of thiazole rings is 1. The molecule has 0 saturated heterocycles. The van der Waals surface area contributed by atoms with Crippen LogP contribution in [0.3, 0.4) is 0 Å². The standard InChI is InChI=1S/C8H15N3OS/c1-11(2)6-7-5-10-8(13-7)12-4-3-9/h5H,3-4,6,9H2,1-2H3. The van der Waals surface area contributed by atoms with Crippen LogP contribution in [-0.4, -0.2) is 37.1 Å². The average molecular weight is 201 g/mol. The van der Waals surface area contributed by atoms with E-state index in [4.69, 9.17) is 10.5 Å². The van der Waals surface area contributed by atoms with E-state index < -0.39 is 0 Å². The highest BCUT2D eigenvalue weighted by Gasteiger charge is 2.02. The largest absolute Gasteiger partial charge is 0.469 e. The Labute approximate surface area is 82.3 Å². The molecular formula is C8H15N3OS. The average Bonchev–Trinajstić information content (AvgIpc) is 2.48. The molecule has 0 aliphatic carbocycles. The molecule has 0 unspecified atom stereocenters. The highest BCUT2D eigenvalue weighted by molar-refractivity contribution is 7.13. The monoisotopic (exact) mass is 201 g/mol. The number of aromatic nitrogens is 1. The Morgan fingerprint density at radius 2 is 2.38 bits per heavy atom. The molecule has 1 heterocycles. The highest BCUT2D eigenvalue weighted by atomic mass is 32.1. The topological polar surface area (TPSA) is 51.4 Å². The van der Waals surface area contributed by atoms with Crippen LogP contribution in [0.1, 0.15) is 4.88 Å². The molecule has 0 aromatic carbocycles. The Balaban J connectivity index is 2.44. The van der Waals surface area contributed by atoms with E-state index in [9.17, 15) is 0 Å². The predicted molar refractivity (Wildman–Crippen MR) is 54.1 cm³/mol. The maximum Gasteiger partial charge on any atom is 0.273 e. The van der Waals surface area contributed by atoms with Crippen LogP contribution in [0.25, 0.3) is 0 Å². The molecule has 0 spiro atoms. The van der Waals surface area contributed by atoms with Crippen molar-refractivity contribution in [3.05, 3.63) is 11.1 Å². The number of nitrogens with zero attached hydrogens (tertiary/aromatic N) is 2. The third-order valence-electron chi connectivity index (χ3n) is 1.35. The molecule has 13 heavy (non-hydrogen) atoms. The summed E-state index contributed by atoms with van der Waals surface area (Å²) < 4.78 is 5.28. The van der Waals surface area contributed by atoms with Gasteiger partial charge in [-0.3, -0.25) is 0 Å². The Hall–Kier alpha value is -0.650. The van der Waals surface area contributed by atoms with Crippen molar-refractivity contribution in [2.24, 2.45) is 5.73 Å². The summed E-state index contributed by atoms with van der Waals surface area (Å²) in [5.74, 6) is 0. The van der Waals surface area contributed by atoms with Crippen LogP contribution in [0.5, 0.6) is 5.19 Å². The summed E-state index contributed by atoms with van der Waals surface area (Å²) >= 11 is 1.57. The van der Waals surface area contributed by atoms with Gasteiger partial charge in [-0.25, -0.2) is 4.98 Å². The summed E-state index contributed by atoms with van der Waals surface area (Å²) in [5, 5.41) is 0.710. The smallest absolute Gasteiger partial charge is 0.273 e. The molecule has 0 aliphatic heterocycles. The first kappa shape index (κ1) is 10.4. The Morgan fingerprint density at radius 3 is 3.00 bits per heavy atom. The minimum atomic E-state index is 0.530. The predicted octanol–water partition coefficient (Wildman–Crippen LogP) is 0.542. The number of nitrogens with two attached hydrogens (primary N) is 1. The molecule has 0 radical (unpaired) electrons. The lowest BCUT2D eigenvalue weighted by atomic mass is 10.5. The molecule has 0 bridgehead atoms. The van der Waals surface area contributed by atoms with E-state index in [2.05, 4.69) is 9.88 Å². The van der Waals surface area contributed by atoms with Crippen LogP contribution in [0.2, 0.25) is 0 Å². The van der Waals surface area contributed by atoms with Gasteiger partial charge in [-0.05, 0) is 14.1 Å². The van der Waals surface area contributed by atoms with Gasteiger partial charge >= 0.3 is 0 Å². The Kier molecular flexibility index (Phi) is 4.14. The first-order valence-electron chi connectivity index (χ1n) is 4.14. The summed E-state index contributed by atoms with van der Waals surface area (Å²) in [4.78, 5) is 7.42. The fourth-order valence-corrected chi connectivity index (χ4v) is 1.79. The van der Waals surface area contributed by atoms with E-state index in [1.165, 1.54) is 4.88 Å². The van der Waals surface area contributed by atoms with Gasteiger partial charge in [0.15, 0.2) is 0 Å². The normalized spacial score (nSPS) is 10.8. The maximum absolute atomic E-state index is 5.31. The third-order valence-corrected chi connectivity index (χ3v) is 2.24. The number of rotatable bonds is 5. The van der Waals surface area contributed by atoms with E-state index in [0.29, 0.717) is 18.3 Å². The van der Waals surface area contributed by atoms with Crippen molar-refractivity contribution < 1.29 is 4.74 Å². The van der Waals surface area contributed by atoms with Crippen LogP contribution in [0, 0.1) is 0 Å². The zero-order valence-electron chi connectivity index (χ0n) is 7.99. The van der Waals surface area contributed by atoms with Crippen molar-refractivity contribution in [1.29, 1.82) is 0 Å². The second kappa shape index (κ2) is 5.16. The van der Waals surface area contributed by atoms with Gasteiger partial charge in [-0.2, -0.15) is 0 Å². The van der Waals surface area contributed by atoms with E-state index in [1.54, 1.807) is 11.3 Å².